The third-order valence-corrected chi connectivity index (χ3v) is 3.45. The van der Waals surface area contributed by atoms with E-state index in [1.165, 1.54) is 0 Å². The Labute approximate surface area is 110 Å². The van der Waals surface area contributed by atoms with Crippen molar-refractivity contribution >= 4 is 28.1 Å². The fraction of sp³-hybridized carbons (Fsp3) is 0.636. The van der Waals surface area contributed by atoms with E-state index < -0.39 is 0 Å². The van der Waals surface area contributed by atoms with Gasteiger partial charge in [-0.3, -0.25) is 0 Å². The topological polar surface area (TPSA) is 37.9 Å². The van der Waals surface area contributed by atoms with E-state index in [-0.39, 0.29) is 0 Å². The number of nitrogens with zero attached hydrogens (tertiary/aromatic N) is 1. The number of aromatic amines is 1. The lowest BCUT2D eigenvalue weighted by Crippen LogP contribution is -2.06. The summed E-state index contributed by atoms with van der Waals surface area (Å²) in [6.45, 7) is 7.47. The third kappa shape index (κ3) is 3.96. The fourth-order valence-corrected chi connectivity index (χ4v) is 1.96. The molecule has 0 saturated carbocycles. The van der Waals surface area contributed by atoms with E-state index in [4.69, 9.17) is 17.0 Å². The highest BCUT2D eigenvalue weighted by Gasteiger charge is 2.08. The molecular formula is C11H17BrN2OS. The SMILES string of the molecule is CCOCc1nc(=S)c(Br)c(CC(C)C)[nH]1. The normalized spacial score (nSPS) is 11.1. The first-order valence-electron chi connectivity index (χ1n) is 5.39. The molecule has 0 saturated heterocycles. The number of halogens is 1. The molecule has 0 aromatic carbocycles. The Balaban J connectivity index is 2.97. The molecule has 16 heavy (non-hydrogen) atoms. The molecule has 0 unspecified atom stereocenters. The first-order valence-corrected chi connectivity index (χ1v) is 6.60. The van der Waals surface area contributed by atoms with Gasteiger partial charge in [-0.2, -0.15) is 0 Å². The zero-order valence-corrected chi connectivity index (χ0v) is 12.2. The number of H-pyrrole nitrogens is 1. The second kappa shape index (κ2) is 6.47. The summed E-state index contributed by atoms with van der Waals surface area (Å²) in [4.78, 5) is 7.54. The second-order valence-electron chi connectivity index (χ2n) is 4.02. The van der Waals surface area contributed by atoms with Crippen LogP contribution in [0.2, 0.25) is 0 Å². The van der Waals surface area contributed by atoms with Gasteiger partial charge in [0, 0.05) is 12.3 Å². The lowest BCUT2D eigenvalue weighted by molar-refractivity contribution is 0.128. The van der Waals surface area contributed by atoms with Crippen LogP contribution in [-0.2, 0) is 17.8 Å². The Morgan fingerprint density at radius 2 is 2.19 bits per heavy atom. The molecule has 1 N–H and O–H groups in total. The Hall–Kier alpha value is -0.260. The molecule has 0 aliphatic heterocycles. The summed E-state index contributed by atoms with van der Waals surface area (Å²) in [7, 11) is 0. The highest BCUT2D eigenvalue weighted by molar-refractivity contribution is 9.10. The van der Waals surface area contributed by atoms with E-state index in [0.29, 0.717) is 23.8 Å². The van der Waals surface area contributed by atoms with Crippen LogP contribution in [0.5, 0.6) is 0 Å². The van der Waals surface area contributed by atoms with Crippen molar-refractivity contribution in [3.8, 4) is 0 Å². The maximum absolute atomic E-state index is 5.32. The van der Waals surface area contributed by atoms with Gasteiger partial charge in [-0.05, 0) is 35.2 Å². The van der Waals surface area contributed by atoms with Crippen LogP contribution in [0.25, 0.3) is 0 Å². The minimum Gasteiger partial charge on any atom is -0.374 e. The Morgan fingerprint density at radius 3 is 2.75 bits per heavy atom. The maximum Gasteiger partial charge on any atom is 0.144 e. The summed E-state index contributed by atoms with van der Waals surface area (Å²) in [5.74, 6) is 1.37. The standard InChI is InChI=1S/C11H17BrN2OS/c1-4-15-6-9-13-8(5-7(2)3)10(12)11(16)14-9/h7H,4-6H2,1-3H3,(H,13,14,16). The van der Waals surface area contributed by atoms with Crippen LogP contribution in [0.4, 0.5) is 0 Å². The van der Waals surface area contributed by atoms with Crippen LogP contribution >= 0.6 is 28.1 Å². The predicted molar refractivity (Wildman–Crippen MR) is 71.0 cm³/mol. The van der Waals surface area contributed by atoms with Gasteiger partial charge >= 0.3 is 0 Å². The molecule has 0 radical (unpaired) electrons. The minimum atomic E-state index is 0.485. The van der Waals surface area contributed by atoms with Gasteiger partial charge in [0.05, 0.1) is 4.47 Å². The van der Waals surface area contributed by atoms with Crippen LogP contribution in [-0.4, -0.2) is 16.6 Å². The van der Waals surface area contributed by atoms with Crippen molar-refractivity contribution in [1.29, 1.82) is 0 Å². The minimum absolute atomic E-state index is 0.485. The summed E-state index contributed by atoms with van der Waals surface area (Å²) in [5, 5.41) is 0. The Bertz CT molecular complexity index is 403. The fourth-order valence-electron chi connectivity index (χ4n) is 1.37. The molecule has 0 spiro atoms. The highest BCUT2D eigenvalue weighted by atomic mass is 79.9. The average Bonchev–Trinajstić information content (AvgIpc) is 2.21. The summed E-state index contributed by atoms with van der Waals surface area (Å²) < 4.78 is 6.82. The van der Waals surface area contributed by atoms with E-state index in [2.05, 4.69) is 39.7 Å². The summed E-state index contributed by atoms with van der Waals surface area (Å²) in [5.41, 5.74) is 1.10. The zero-order valence-electron chi connectivity index (χ0n) is 9.84. The largest absolute Gasteiger partial charge is 0.374 e. The number of rotatable bonds is 5. The molecule has 1 rings (SSSR count). The van der Waals surface area contributed by atoms with E-state index in [1.807, 2.05) is 6.92 Å². The predicted octanol–water partition coefficient (Wildman–Crippen LogP) is 3.64. The molecule has 3 nitrogen and oxygen atoms in total. The second-order valence-corrected chi connectivity index (χ2v) is 5.20. The van der Waals surface area contributed by atoms with Crippen molar-refractivity contribution in [3.05, 3.63) is 20.6 Å². The van der Waals surface area contributed by atoms with E-state index in [1.54, 1.807) is 0 Å². The molecule has 0 aliphatic rings. The van der Waals surface area contributed by atoms with Crippen LogP contribution < -0.4 is 0 Å². The van der Waals surface area contributed by atoms with E-state index >= 15 is 0 Å². The molecule has 0 atom stereocenters. The summed E-state index contributed by atoms with van der Waals surface area (Å²) in [6.07, 6.45) is 0.950. The quantitative estimate of drug-likeness (QED) is 0.844. The van der Waals surface area contributed by atoms with Gasteiger partial charge in [-0.15, -0.1) is 0 Å². The molecule has 0 aliphatic carbocycles. The van der Waals surface area contributed by atoms with Crippen molar-refractivity contribution in [2.75, 3.05) is 6.61 Å². The smallest absolute Gasteiger partial charge is 0.144 e. The molecule has 1 heterocycles. The van der Waals surface area contributed by atoms with Crippen molar-refractivity contribution in [3.63, 3.8) is 0 Å². The number of hydrogen-bond donors (Lipinski definition) is 1. The summed E-state index contributed by atoms with van der Waals surface area (Å²) >= 11 is 8.67. The third-order valence-electron chi connectivity index (χ3n) is 2.04. The number of aromatic nitrogens is 2. The molecule has 5 heteroatoms. The first-order chi connectivity index (χ1) is 7.54. The van der Waals surface area contributed by atoms with E-state index in [0.717, 1.165) is 22.4 Å². The molecule has 1 aromatic rings. The monoisotopic (exact) mass is 304 g/mol. The van der Waals surface area contributed by atoms with Crippen molar-refractivity contribution < 1.29 is 4.74 Å². The van der Waals surface area contributed by atoms with Gasteiger partial charge in [-0.25, -0.2) is 4.98 Å². The molecule has 1 aromatic heterocycles. The summed E-state index contributed by atoms with van der Waals surface area (Å²) in [6, 6.07) is 0. The Kier molecular flexibility index (Phi) is 5.58. The van der Waals surface area contributed by atoms with Gasteiger partial charge in [-0.1, -0.05) is 26.1 Å². The van der Waals surface area contributed by atoms with Gasteiger partial charge in [0.25, 0.3) is 0 Å². The lowest BCUT2D eigenvalue weighted by atomic mass is 10.1. The average molecular weight is 305 g/mol. The zero-order chi connectivity index (χ0) is 12.1. The molecule has 0 bridgehead atoms. The molecule has 0 fully saturated rings. The van der Waals surface area contributed by atoms with Crippen molar-refractivity contribution in [2.45, 2.75) is 33.8 Å². The van der Waals surface area contributed by atoms with Gasteiger partial charge in [0.1, 0.15) is 17.1 Å². The van der Waals surface area contributed by atoms with Crippen LogP contribution in [0.1, 0.15) is 32.3 Å². The Morgan fingerprint density at radius 1 is 1.50 bits per heavy atom. The van der Waals surface area contributed by atoms with Crippen LogP contribution in [0, 0.1) is 10.6 Å². The van der Waals surface area contributed by atoms with E-state index in [9.17, 15) is 0 Å². The first kappa shape index (κ1) is 13.8. The maximum atomic E-state index is 5.32. The van der Waals surface area contributed by atoms with Crippen molar-refractivity contribution in [1.82, 2.24) is 9.97 Å². The van der Waals surface area contributed by atoms with Crippen LogP contribution in [0.3, 0.4) is 0 Å². The van der Waals surface area contributed by atoms with Crippen molar-refractivity contribution in [2.24, 2.45) is 5.92 Å². The van der Waals surface area contributed by atoms with Crippen LogP contribution in [0.15, 0.2) is 4.47 Å². The lowest BCUT2D eigenvalue weighted by Gasteiger charge is -2.10. The number of nitrogens with one attached hydrogen (secondary N) is 1. The molecular weight excluding hydrogens is 288 g/mol. The number of ether oxygens (including phenoxy) is 1. The molecule has 90 valence electrons. The van der Waals surface area contributed by atoms with Gasteiger partial charge in [0.15, 0.2) is 0 Å². The highest BCUT2D eigenvalue weighted by Crippen LogP contribution is 2.19. The van der Waals surface area contributed by atoms with Gasteiger partial charge in [0.2, 0.25) is 0 Å². The number of hydrogen-bond acceptors (Lipinski definition) is 3. The van der Waals surface area contributed by atoms with Gasteiger partial charge < -0.3 is 9.72 Å². The molecule has 0 amide bonds.